The van der Waals surface area contributed by atoms with Crippen LogP contribution in [0.3, 0.4) is 0 Å². The van der Waals surface area contributed by atoms with E-state index >= 15 is 0 Å². The van der Waals surface area contributed by atoms with E-state index in [9.17, 15) is 4.79 Å². The van der Waals surface area contributed by atoms with E-state index in [1.165, 1.54) is 25.7 Å². The molecule has 0 bridgehead atoms. The van der Waals surface area contributed by atoms with Crippen molar-refractivity contribution in [3.8, 4) is 0 Å². The van der Waals surface area contributed by atoms with E-state index in [1.54, 1.807) is 0 Å². The van der Waals surface area contributed by atoms with Crippen molar-refractivity contribution in [2.45, 2.75) is 58.0 Å². The predicted molar refractivity (Wildman–Crippen MR) is 59.7 cm³/mol. The summed E-state index contributed by atoms with van der Waals surface area (Å²) >= 11 is 0. The topological polar surface area (TPSA) is 26.3 Å². The number of carbonyl (C=O) groups is 1. The molecule has 1 aliphatic carbocycles. The Morgan fingerprint density at radius 1 is 1.40 bits per heavy atom. The standard InChI is InChI=1S/C13H22O2/c1-10(11-7-8-11)13(14)6-2-4-12-5-3-9-15-12/h10-12H,2-9H2,1H3. The minimum atomic E-state index is 0.328. The summed E-state index contributed by atoms with van der Waals surface area (Å²) in [6, 6.07) is 0. The van der Waals surface area contributed by atoms with Crippen LogP contribution in [0.15, 0.2) is 0 Å². The van der Waals surface area contributed by atoms with Gasteiger partial charge in [-0.05, 0) is 44.4 Å². The molecule has 1 heterocycles. The number of carbonyl (C=O) groups excluding carboxylic acids is 1. The Hall–Kier alpha value is -0.370. The van der Waals surface area contributed by atoms with Crippen molar-refractivity contribution in [2.24, 2.45) is 11.8 Å². The molecule has 0 amide bonds. The van der Waals surface area contributed by atoms with Crippen LogP contribution in [-0.4, -0.2) is 18.5 Å². The van der Waals surface area contributed by atoms with Gasteiger partial charge in [0.05, 0.1) is 6.10 Å². The Bertz CT molecular complexity index is 215. The van der Waals surface area contributed by atoms with Crippen LogP contribution < -0.4 is 0 Å². The minimum Gasteiger partial charge on any atom is -0.378 e. The van der Waals surface area contributed by atoms with E-state index in [1.807, 2.05) is 0 Å². The summed E-state index contributed by atoms with van der Waals surface area (Å²) in [5.74, 6) is 1.53. The molecule has 0 aromatic rings. The highest BCUT2D eigenvalue weighted by molar-refractivity contribution is 5.81. The normalized spacial score (nSPS) is 27.9. The average molecular weight is 210 g/mol. The molecule has 0 spiro atoms. The first-order valence-electron chi connectivity index (χ1n) is 6.41. The van der Waals surface area contributed by atoms with Gasteiger partial charge < -0.3 is 4.74 Å². The van der Waals surface area contributed by atoms with Crippen molar-refractivity contribution < 1.29 is 9.53 Å². The number of ketones is 1. The molecule has 15 heavy (non-hydrogen) atoms. The maximum atomic E-state index is 11.8. The Balaban J connectivity index is 1.58. The molecule has 86 valence electrons. The maximum Gasteiger partial charge on any atom is 0.135 e. The number of ether oxygens (including phenoxy) is 1. The van der Waals surface area contributed by atoms with Crippen molar-refractivity contribution in [1.29, 1.82) is 0 Å². The second-order valence-corrected chi connectivity index (χ2v) is 5.12. The molecule has 2 heteroatoms. The third-order valence-electron chi connectivity index (χ3n) is 3.81. The van der Waals surface area contributed by atoms with E-state index < -0.39 is 0 Å². The zero-order valence-corrected chi connectivity index (χ0v) is 9.71. The van der Waals surface area contributed by atoms with Gasteiger partial charge >= 0.3 is 0 Å². The van der Waals surface area contributed by atoms with Crippen LogP contribution in [0.2, 0.25) is 0 Å². The highest BCUT2D eigenvalue weighted by Gasteiger charge is 2.31. The number of hydrogen-bond acceptors (Lipinski definition) is 2. The lowest BCUT2D eigenvalue weighted by Gasteiger charge is -2.11. The molecule has 2 unspecified atom stereocenters. The third kappa shape index (κ3) is 3.30. The fourth-order valence-electron chi connectivity index (χ4n) is 2.46. The Labute approximate surface area is 92.4 Å². The van der Waals surface area contributed by atoms with Gasteiger partial charge in [-0.3, -0.25) is 4.79 Å². The first-order chi connectivity index (χ1) is 7.27. The van der Waals surface area contributed by atoms with E-state index in [0.29, 0.717) is 17.8 Å². The minimum absolute atomic E-state index is 0.328. The summed E-state index contributed by atoms with van der Waals surface area (Å²) in [6.07, 6.45) is 8.30. The molecular weight excluding hydrogens is 188 g/mol. The van der Waals surface area contributed by atoms with E-state index in [4.69, 9.17) is 4.74 Å². The highest BCUT2D eigenvalue weighted by Crippen LogP contribution is 2.37. The van der Waals surface area contributed by atoms with Crippen LogP contribution in [0.1, 0.15) is 51.9 Å². The van der Waals surface area contributed by atoms with Crippen LogP contribution in [0.5, 0.6) is 0 Å². The fourth-order valence-corrected chi connectivity index (χ4v) is 2.46. The maximum absolute atomic E-state index is 11.8. The summed E-state index contributed by atoms with van der Waals surface area (Å²) in [5.41, 5.74) is 0. The first-order valence-corrected chi connectivity index (χ1v) is 6.41. The Kier molecular flexibility index (Phi) is 3.79. The van der Waals surface area contributed by atoms with E-state index in [0.717, 1.165) is 31.8 Å². The van der Waals surface area contributed by atoms with E-state index in [-0.39, 0.29) is 0 Å². The zero-order chi connectivity index (χ0) is 10.7. The lowest BCUT2D eigenvalue weighted by molar-refractivity contribution is -0.123. The number of rotatable bonds is 6. The summed E-state index contributed by atoms with van der Waals surface area (Å²) in [6.45, 7) is 3.03. The molecule has 2 aliphatic rings. The van der Waals surface area contributed by atoms with E-state index in [2.05, 4.69) is 6.92 Å². The molecule has 1 saturated carbocycles. The molecule has 0 radical (unpaired) electrons. The smallest absolute Gasteiger partial charge is 0.135 e. The largest absolute Gasteiger partial charge is 0.378 e. The van der Waals surface area contributed by atoms with Crippen molar-refractivity contribution in [3.63, 3.8) is 0 Å². The van der Waals surface area contributed by atoms with Gasteiger partial charge in [-0.1, -0.05) is 6.92 Å². The summed E-state index contributed by atoms with van der Waals surface area (Å²) in [7, 11) is 0. The quantitative estimate of drug-likeness (QED) is 0.673. The van der Waals surface area contributed by atoms with Crippen molar-refractivity contribution in [3.05, 3.63) is 0 Å². The highest BCUT2D eigenvalue weighted by atomic mass is 16.5. The number of hydrogen-bond donors (Lipinski definition) is 0. The van der Waals surface area contributed by atoms with Crippen LogP contribution in [0, 0.1) is 11.8 Å². The molecule has 2 fully saturated rings. The van der Waals surface area contributed by atoms with Gasteiger partial charge in [0.1, 0.15) is 5.78 Å². The summed E-state index contributed by atoms with van der Waals surface area (Å²) in [5, 5.41) is 0. The van der Waals surface area contributed by atoms with Gasteiger partial charge in [0, 0.05) is 18.9 Å². The summed E-state index contributed by atoms with van der Waals surface area (Å²) < 4.78 is 5.54. The molecule has 0 aromatic heterocycles. The van der Waals surface area contributed by atoms with Crippen molar-refractivity contribution in [2.75, 3.05) is 6.61 Å². The molecule has 0 N–H and O–H groups in total. The first kappa shape index (κ1) is 11.1. The van der Waals surface area contributed by atoms with Gasteiger partial charge in [-0.2, -0.15) is 0 Å². The van der Waals surface area contributed by atoms with Gasteiger partial charge in [0.2, 0.25) is 0 Å². The Morgan fingerprint density at radius 2 is 2.20 bits per heavy atom. The second-order valence-electron chi connectivity index (χ2n) is 5.12. The van der Waals surface area contributed by atoms with Gasteiger partial charge in [-0.15, -0.1) is 0 Å². The van der Waals surface area contributed by atoms with Crippen LogP contribution in [0.4, 0.5) is 0 Å². The van der Waals surface area contributed by atoms with Gasteiger partial charge in [0.15, 0.2) is 0 Å². The van der Waals surface area contributed by atoms with Gasteiger partial charge in [0.25, 0.3) is 0 Å². The molecule has 1 aliphatic heterocycles. The number of Topliss-reactive ketones (excluding diaryl/α,β-unsaturated/α-hetero) is 1. The molecule has 2 atom stereocenters. The molecule has 1 saturated heterocycles. The lowest BCUT2D eigenvalue weighted by atomic mass is 9.96. The zero-order valence-electron chi connectivity index (χ0n) is 9.71. The monoisotopic (exact) mass is 210 g/mol. The molecule has 0 aromatic carbocycles. The molecular formula is C13H22O2. The third-order valence-corrected chi connectivity index (χ3v) is 3.81. The summed E-state index contributed by atoms with van der Waals surface area (Å²) in [4.78, 5) is 11.8. The molecule has 2 nitrogen and oxygen atoms in total. The predicted octanol–water partition coefficient (Wildman–Crippen LogP) is 2.95. The van der Waals surface area contributed by atoms with Crippen LogP contribution in [0.25, 0.3) is 0 Å². The van der Waals surface area contributed by atoms with Crippen molar-refractivity contribution >= 4 is 5.78 Å². The SMILES string of the molecule is CC(C(=O)CCCC1CCCO1)C1CC1. The van der Waals surface area contributed by atoms with Crippen LogP contribution in [-0.2, 0) is 9.53 Å². The molecule has 2 rings (SSSR count). The van der Waals surface area contributed by atoms with Gasteiger partial charge in [-0.25, -0.2) is 0 Å². The fraction of sp³-hybridized carbons (Fsp3) is 0.923. The lowest BCUT2D eigenvalue weighted by Crippen LogP contribution is -2.14. The Morgan fingerprint density at radius 3 is 2.80 bits per heavy atom. The van der Waals surface area contributed by atoms with Crippen molar-refractivity contribution in [1.82, 2.24) is 0 Å². The van der Waals surface area contributed by atoms with Crippen LogP contribution >= 0.6 is 0 Å². The second kappa shape index (κ2) is 5.11. The average Bonchev–Trinajstić information content (AvgIpc) is 2.96.